The van der Waals surface area contributed by atoms with Crippen molar-refractivity contribution in [1.82, 2.24) is 4.98 Å². The molecule has 1 amide bonds. The first kappa shape index (κ1) is 15.8. The highest BCUT2D eigenvalue weighted by Crippen LogP contribution is 2.44. The molecular weight excluding hydrogens is 343 g/mol. The number of hydrogen-bond acceptors (Lipinski definition) is 3. The minimum atomic E-state index is -0.638. The van der Waals surface area contributed by atoms with Crippen LogP contribution in [-0.4, -0.2) is 16.5 Å². The number of anilines is 1. The van der Waals surface area contributed by atoms with Crippen LogP contribution >= 0.6 is 11.6 Å². The van der Waals surface area contributed by atoms with E-state index in [9.17, 15) is 9.18 Å². The van der Waals surface area contributed by atoms with Gasteiger partial charge in [-0.3, -0.25) is 4.79 Å². The van der Waals surface area contributed by atoms with Gasteiger partial charge in [0.2, 0.25) is 0 Å². The number of halogens is 2. The summed E-state index contributed by atoms with van der Waals surface area (Å²) < 4.78 is 19.5. The highest BCUT2D eigenvalue weighted by atomic mass is 35.5. The van der Waals surface area contributed by atoms with Crippen LogP contribution in [0.4, 0.5) is 10.1 Å². The van der Waals surface area contributed by atoms with Gasteiger partial charge in [-0.05, 0) is 50.3 Å². The number of carbonyl (C=O) groups is 1. The highest BCUT2D eigenvalue weighted by molar-refractivity contribution is 6.32. The Morgan fingerprint density at radius 1 is 1.24 bits per heavy atom. The number of nitrogens with zero attached hydrogens (tertiary/aromatic N) is 1. The molecule has 0 radical (unpaired) electrons. The second-order valence-electron chi connectivity index (χ2n) is 6.42. The van der Waals surface area contributed by atoms with Crippen molar-refractivity contribution in [2.24, 2.45) is 0 Å². The van der Waals surface area contributed by atoms with Crippen LogP contribution in [-0.2, 0) is 9.53 Å². The second-order valence-corrected chi connectivity index (χ2v) is 6.81. The minimum Gasteiger partial charge on any atom is -0.482 e. The number of aromatic nitrogens is 1. The topological polar surface area (TPSA) is 51.2 Å². The molecule has 0 unspecified atom stereocenters. The van der Waals surface area contributed by atoms with Crippen molar-refractivity contribution in [2.75, 3.05) is 5.32 Å². The summed E-state index contributed by atoms with van der Waals surface area (Å²) >= 11 is 5.86. The highest BCUT2D eigenvalue weighted by Gasteiger charge is 2.38. The zero-order valence-corrected chi connectivity index (χ0v) is 14.3. The molecule has 2 aliphatic heterocycles. The van der Waals surface area contributed by atoms with E-state index in [-0.39, 0.29) is 5.91 Å². The third-order valence-electron chi connectivity index (χ3n) is 4.30. The maximum Gasteiger partial charge on any atom is 0.260 e. The fourth-order valence-electron chi connectivity index (χ4n) is 3.14. The maximum absolute atomic E-state index is 13.4. The molecule has 2 aliphatic rings. The largest absolute Gasteiger partial charge is 0.482 e. The van der Waals surface area contributed by atoms with Crippen molar-refractivity contribution in [3.63, 3.8) is 0 Å². The van der Waals surface area contributed by atoms with Gasteiger partial charge >= 0.3 is 0 Å². The van der Waals surface area contributed by atoms with Crippen molar-refractivity contribution in [1.29, 1.82) is 0 Å². The van der Waals surface area contributed by atoms with Crippen LogP contribution in [0, 0.1) is 5.82 Å². The summed E-state index contributed by atoms with van der Waals surface area (Å²) in [5, 5.41) is 3.09. The van der Waals surface area contributed by atoms with Crippen molar-refractivity contribution in [2.45, 2.75) is 19.4 Å². The quantitative estimate of drug-likeness (QED) is 0.607. The van der Waals surface area contributed by atoms with E-state index < -0.39 is 11.4 Å². The molecule has 25 heavy (non-hydrogen) atoms. The number of rotatable bonds is 1. The summed E-state index contributed by atoms with van der Waals surface area (Å²) in [6.07, 6.45) is 3.50. The Morgan fingerprint density at radius 2 is 2.04 bits per heavy atom. The van der Waals surface area contributed by atoms with Crippen molar-refractivity contribution in [3.05, 3.63) is 70.5 Å². The van der Waals surface area contributed by atoms with E-state index in [1.807, 2.05) is 26.0 Å². The van der Waals surface area contributed by atoms with Gasteiger partial charge in [0.15, 0.2) is 0 Å². The summed E-state index contributed by atoms with van der Waals surface area (Å²) in [4.78, 5) is 16.5. The number of ether oxygens (including phenoxy) is 1. The predicted octanol–water partition coefficient (Wildman–Crippen LogP) is 4.43. The van der Waals surface area contributed by atoms with E-state index in [2.05, 4.69) is 10.3 Å². The lowest BCUT2D eigenvalue weighted by molar-refractivity contribution is -0.111. The Balaban J connectivity index is 1.86. The molecule has 1 aromatic heterocycles. The molecule has 4 rings (SSSR count). The number of benzene rings is 1. The van der Waals surface area contributed by atoms with Gasteiger partial charge in [-0.15, -0.1) is 0 Å². The summed E-state index contributed by atoms with van der Waals surface area (Å²) in [5.74, 6) is -0.252. The summed E-state index contributed by atoms with van der Waals surface area (Å²) in [6, 6.07) is 7.77. The first-order chi connectivity index (χ1) is 11.8. The van der Waals surface area contributed by atoms with Gasteiger partial charge in [0, 0.05) is 22.9 Å². The zero-order valence-electron chi connectivity index (χ0n) is 13.6. The van der Waals surface area contributed by atoms with E-state index in [1.54, 1.807) is 18.3 Å². The van der Waals surface area contributed by atoms with Crippen LogP contribution in [0.5, 0.6) is 0 Å². The fraction of sp³-hybridized carbons (Fsp3) is 0.158. The monoisotopic (exact) mass is 356 g/mol. The lowest BCUT2D eigenvalue weighted by Crippen LogP contribution is -2.21. The number of allylic oxidation sites excluding steroid dienone is 1. The minimum absolute atomic E-state index is 0.307. The van der Waals surface area contributed by atoms with Crippen LogP contribution in [0.3, 0.4) is 0 Å². The molecular formula is C19H14ClFN2O2. The van der Waals surface area contributed by atoms with E-state index in [0.717, 1.165) is 11.1 Å². The lowest BCUT2D eigenvalue weighted by Gasteiger charge is -2.23. The third kappa shape index (κ3) is 2.61. The van der Waals surface area contributed by atoms with Gasteiger partial charge in [-0.25, -0.2) is 9.37 Å². The number of amides is 1. The predicted molar refractivity (Wildman–Crippen MR) is 94.3 cm³/mol. The third-order valence-corrected chi connectivity index (χ3v) is 4.52. The Labute approximate surface area is 149 Å². The van der Waals surface area contributed by atoms with Crippen LogP contribution in [0.25, 0.3) is 11.1 Å². The normalized spacial score (nSPS) is 20.8. The Hall–Kier alpha value is -2.66. The first-order valence-corrected chi connectivity index (χ1v) is 8.11. The fourth-order valence-corrected chi connectivity index (χ4v) is 3.25. The van der Waals surface area contributed by atoms with Gasteiger partial charge in [-0.1, -0.05) is 11.6 Å². The van der Waals surface area contributed by atoms with E-state index in [1.165, 1.54) is 12.1 Å². The number of nitrogens with one attached hydrogen (secondary N) is 1. The van der Waals surface area contributed by atoms with Gasteiger partial charge in [-0.2, -0.15) is 0 Å². The van der Waals surface area contributed by atoms with Gasteiger partial charge in [0.25, 0.3) is 5.91 Å². The Morgan fingerprint density at radius 3 is 2.76 bits per heavy atom. The van der Waals surface area contributed by atoms with E-state index >= 15 is 0 Å². The molecule has 0 spiro atoms. The molecule has 0 fully saturated rings. The molecule has 0 bridgehead atoms. The van der Waals surface area contributed by atoms with Gasteiger partial charge in [0.05, 0.1) is 11.3 Å². The zero-order chi connectivity index (χ0) is 17.8. The number of carbonyl (C=O) groups excluding carboxylic acids is 1. The molecule has 1 aromatic carbocycles. The van der Waals surface area contributed by atoms with Crippen LogP contribution in [0.15, 0.2) is 48.4 Å². The molecule has 126 valence electrons. The van der Waals surface area contributed by atoms with Crippen LogP contribution in [0.1, 0.15) is 25.0 Å². The van der Waals surface area contributed by atoms with Crippen molar-refractivity contribution >= 4 is 34.3 Å². The lowest BCUT2D eigenvalue weighted by atomic mass is 9.93. The molecule has 6 heteroatoms. The standard InChI is InChI=1S/C19H14ClFN2O2/c1-19(2)13(10-3-6-16(20)22-9-10)8-15(25-19)17-12-5-4-11(21)7-14(12)23-18(17)24/h3-9H,1-2H3,(H,23,24)/b17-15+. The van der Waals surface area contributed by atoms with Gasteiger partial charge < -0.3 is 10.1 Å². The van der Waals surface area contributed by atoms with Crippen molar-refractivity contribution in [3.8, 4) is 0 Å². The molecule has 0 atom stereocenters. The van der Waals surface area contributed by atoms with Gasteiger partial charge in [0.1, 0.15) is 22.3 Å². The average Bonchev–Trinajstić information content (AvgIpc) is 3.03. The Kier molecular flexibility index (Phi) is 3.44. The smallest absolute Gasteiger partial charge is 0.260 e. The SMILES string of the molecule is CC1(C)O/C(=C2/C(=O)Nc3cc(F)ccc32)C=C1c1ccc(Cl)nc1. The average molecular weight is 357 g/mol. The second kappa shape index (κ2) is 5.43. The molecule has 0 saturated carbocycles. The number of fused-ring (bicyclic) bond motifs is 1. The van der Waals surface area contributed by atoms with Crippen LogP contribution in [0.2, 0.25) is 5.15 Å². The van der Waals surface area contributed by atoms with E-state index in [0.29, 0.717) is 27.7 Å². The molecule has 0 saturated heterocycles. The first-order valence-electron chi connectivity index (χ1n) is 7.74. The Bertz CT molecular complexity index is 962. The van der Waals surface area contributed by atoms with E-state index in [4.69, 9.17) is 16.3 Å². The summed E-state index contributed by atoms with van der Waals surface area (Å²) in [6.45, 7) is 3.83. The molecule has 1 N–H and O–H groups in total. The molecule has 0 aliphatic carbocycles. The van der Waals surface area contributed by atoms with Crippen molar-refractivity contribution < 1.29 is 13.9 Å². The number of pyridine rings is 1. The molecule has 4 nitrogen and oxygen atoms in total. The maximum atomic E-state index is 13.4. The summed E-state index contributed by atoms with van der Waals surface area (Å²) in [7, 11) is 0. The summed E-state index contributed by atoms with van der Waals surface area (Å²) in [5.41, 5.74) is 2.60. The number of hydrogen-bond donors (Lipinski definition) is 1. The molecule has 2 aromatic rings. The molecule has 3 heterocycles. The van der Waals surface area contributed by atoms with Crippen LogP contribution < -0.4 is 5.32 Å².